The number of rotatable bonds is 6. The molecule has 0 bridgehead atoms. The van der Waals surface area contributed by atoms with Crippen LogP contribution in [0.25, 0.3) is 0 Å². The van der Waals surface area contributed by atoms with Gasteiger partial charge >= 0.3 is 0 Å². The molecule has 1 atom stereocenters. The Morgan fingerprint density at radius 3 is 2.41 bits per heavy atom. The minimum Gasteiger partial charge on any atom is -0.508 e. The smallest absolute Gasteiger partial charge is 0.174 e. The van der Waals surface area contributed by atoms with Gasteiger partial charge in [-0.1, -0.05) is 18.2 Å². The van der Waals surface area contributed by atoms with Crippen molar-refractivity contribution in [1.29, 1.82) is 0 Å². The van der Waals surface area contributed by atoms with E-state index in [1.807, 2.05) is 22.9 Å². The molecular weight excluding hydrogens is 427 g/mol. The largest absolute Gasteiger partial charge is 0.508 e. The van der Waals surface area contributed by atoms with Gasteiger partial charge in [0, 0.05) is 36.7 Å². The van der Waals surface area contributed by atoms with Crippen molar-refractivity contribution in [3.8, 4) is 5.75 Å². The Balaban J connectivity index is 1.37. The Labute approximate surface area is 189 Å². The van der Waals surface area contributed by atoms with Crippen LogP contribution < -0.4 is 4.90 Å². The van der Waals surface area contributed by atoms with Crippen LogP contribution in [0.2, 0.25) is 0 Å². The summed E-state index contributed by atoms with van der Waals surface area (Å²) in [5.74, 6) is 0.807. The van der Waals surface area contributed by atoms with E-state index < -0.39 is 0 Å². The standard InChI is InChI=1S/C23H23FN6OS/c24-18-5-3-17(4-6-18)16-30-23(25-26-27-30)22(21-2-1-15-32-21)29-13-11-28(12-14-29)19-7-9-20(31)10-8-19/h1-10,15,22,31H,11-14,16H2/t22-/m1/s1. The summed E-state index contributed by atoms with van der Waals surface area (Å²) in [7, 11) is 0. The quantitative estimate of drug-likeness (QED) is 0.485. The van der Waals surface area contributed by atoms with Gasteiger partial charge in [-0.2, -0.15) is 0 Å². The molecule has 2 aromatic heterocycles. The van der Waals surface area contributed by atoms with E-state index in [0.717, 1.165) is 43.3 Å². The molecule has 32 heavy (non-hydrogen) atoms. The van der Waals surface area contributed by atoms with E-state index in [-0.39, 0.29) is 17.6 Å². The van der Waals surface area contributed by atoms with E-state index >= 15 is 0 Å². The lowest BCUT2D eigenvalue weighted by Gasteiger charge is -2.39. The Morgan fingerprint density at radius 2 is 1.72 bits per heavy atom. The number of thiophene rings is 1. The number of phenols is 1. The van der Waals surface area contributed by atoms with Crippen LogP contribution in [0.5, 0.6) is 5.75 Å². The normalized spacial score (nSPS) is 15.7. The van der Waals surface area contributed by atoms with Crippen molar-refractivity contribution in [1.82, 2.24) is 25.1 Å². The van der Waals surface area contributed by atoms with Crippen LogP contribution in [-0.2, 0) is 6.54 Å². The predicted octanol–water partition coefficient (Wildman–Crippen LogP) is 3.54. The summed E-state index contributed by atoms with van der Waals surface area (Å²) in [6.45, 7) is 3.93. The van der Waals surface area contributed by atoms with Crippen molar-refractivity contribution in [2.24, 2.45) is 0 Å². The second-order valence-electron chi connectivity index (χ2n) is 7.78. The molecule has 0 aliphatic carbocycles. The fourth-order valence-corrected chi connectivity index (χ4v) is 4.96. The maximum absolute atomic E-state index is 13.3. The van der Waals surface area contributed by atoms with Gasteiger partial charge in [0.2, 0.25) is 0 Å². The maximum Gasteiger partial charge on any atom is 0.174 e. The SMILES string of the molecule is Oc1ccc(N2CCN([C@H](c3cccs3)c3nnnn3Cc3ccc(F)cc3)CC2)cc1. The molecule has 1 aliphatic rings. The lowest BCUT2D eigenvalue weighted by Crippen LogP contribution is -2.48. The first kappa shape index (κ1) is 20.6. The van der Waals surface area contributed by atoms with Gasteiger partial charge in [-0.15, -0.1) is 16.4 Å². The first-order valence-electron chi connectivity index (χ1n) is 10.5. The Bertz CT molecular complexity index is 1140. The zero-order valence-electron chi connectivity index (χ0n) is 17.4. The van der Waals surface area contributed by atoms with Crippen LogP contribution >= 0.6 is 11.3 Å². The molecule has 1 saturated heterocycles. The monoisotopic (exact) mass is 450 g/mol. The molecular formula is C23H23FN6OS. The Morgan fingerprint density at radius 1 is 0.969 bits per heavy atom. The summed E-state index contributed by atoms with van der Waals surface area (Å²) in [6.07, 6.45) is 0. The van der Waals surface area contributed by atoms with Gasteiger partial charge in [-0.05, 0) is 63.8 Å². The van der Waals surface area contributed by atoms with Gasteiger partial charge in [-0.3, -0.25) is 4.90 Å². The summed E-state index contributed by atoms with van der Waals surface area (Å²) in [5.41, 5.74) is 2.05. The topological polar surface area (TPSA) is 70.3 Å². The zero-order chi connectivity index (χ0) is 21.9. The number of hydrogen-bond acceptors (Lipinski definition) is 7. The van der Waals surface area contributed by atoms with Gasteiger partial charge in [-0.25, -0.2) is 9.07 Å². The van der Waals surface area contributed by atoms with Crippen LogP contribution in [-0.4, -0.2) is 56.4 Å². The van der Waals surface area contributed by atoms with Gasteiger partial charge in [0.1, 0.15) is 17.6 Å². The van der Waals surface area contributed by atoms with Crippen molar-refractivity contribution in [3.05, 3.63) is 88.1 Å². The third-order valence-electron chi connectivity index (χ3n) is 5.76. The van der Waals surface area contributed by atoms with Gasteiger partial charge < -0.3 is 10.0 Å². The molecule has 9 heteroatoms. The minimum atomic E-state index is -0.256. The number of benzene rings is 2. The number of halogens is 1. The van der Waals surface area contributed by atoms with Crippen molar-refractivity contribution < 1.29 is 9.50 Å². The Kier molecular flexibility index (Phi) is 5.83. The number of hydrogen-bond donors (Lipinski definition) is 1. The molecule has 2 aromatic carbocycles. The highest BCUT2D eigenvalue weighted by molar-refractivity contribution is 7.10. The lowest BCUT2D eigenvalue weighted by molar-refractivity contribution is 0.204. The van der Waals surface area contributed by atoms with Crippen molar-refractivity contribution in [2.45, 2.75) is 12.6 Å². The number of tetrazole rings is 1. The average molecular weight is 451 g/mol. The number of anilines is 1. The van der Waals surface area contributed by atoms with Crippen LogP contribution in [0, 0.1) is 5.82 Å². The van der Waals surface area contributed by atoms with Crippen molar-refractivity contribution >= 4 is 17.0 Å². The van der Waals surface area contributed by atoms with Crippen LogP contribution in [0.1, 0.15) is 22.3 Å². The molecule has 4 aromatic rings. The molecule has 0 spiro atoms. The van der Waals surface area contributed by atoms with E-state index in [1.54, 1.807) is 35.6 Å². The first-order chi connectivity index (χ1) is 15.7. The number of piperazine rings is 1. The zero-order valence-corrected chi connectivity index (χ0v) is 18.2. The summed E-state index contributed by atoms with van der Waals surface area (Å²) >= 11 is 1.70. The molecule has 1 fully saturated rings. The molecule has 0 amide bonds. The molecule has 7 nitrogen and oxygen atoms in total. The van der Waals surface area contributed by atoms with Crippen LogP contribution in [0.15, 0.2) is 66.0 Å². The molecule has 1 aliphatic heterocycles. The minimum absolute atomic E-state index is 0.0487. The van der Waals surface area contributed by atoms with Gasteiger partial charge in [0.25, 0.3) is 0 Å². The second kappa shape index (κ2) is 9.05. The second-order valence-corrected chi connectivity index (χ2v) is 8.76. The van der Waals surface area contributed by atoms with Crippen molar-refractivity contribution in [2.75, 3.05) is 31.1 Å². The number of aromatic nitrogens is 4. The molecule has 164 valence electrons. The number of phenolic OH excluding ortho intramolecular Hbond substituents is 1. The molecule has 0 unspecified atom stereocenters. The number of aromatic hydroxyl groups is 1. The summed E-state index contributed by atoms with van der Waals surface area (Å²) < 4.78 is 15.1. The van der Waals surface area contributed by atoms with Crippen molar-refractivity contribution in [3.63, 3.8) is 0 Å². The third-order valence-corrected chi connectivity index (χ3v) is 6.68. The predicted molar refractivity (Wildman–Crippen MR) is 121 cm³/mol. The first-order valence-corrected chi connectivity index (χ1v) is 11.4. The molecule has 5 rings (SSSR count). The van der Waals surface area contributed by atoms with E-state index in [4.69, 9.17) is 0 Å². The highest BCUT2D eigenvalue weighted by Gasteiger charge is 2.31. The van der Waals surface area contributed by atoms with E-state index in [9.17, 15) is 9.50 Å². The van der Waals surface area contributed by atoms with E-state index in [1.165, 1.54) is 17.0 Å². The summed E-state index contributed by atoms with van der Waals surface area (Å²) in [5, 5.41) is 24.2. The van der Waals surface area contributed by atoms with Crippen LogP contribution in [0.4, 0.5) is 10.1 Å². The summed E-state index contributed by atoms with van der Waals surface area (Å²) in [6, 6.07) is 17.9. The molecule has 0 radical (unpaired) electrons. The molecule has 3 heterocycles. The van der Waals surface area contributed by atoms with Gasteiger partial charge in [0.15, 0.2) is 5.82 Å². The molecule has 0 saturated carbocycles. The average Bonchev–Trinajstić information content (AvgIpc) is 3.50. The van der Waals surface area contributed by atoms with E-state index in [0.29, 0.717) is 6.54 Å². The molecule has 1 N–H and O–H groups in total. The van der Waals surface area contributed by atoms with Crippen LogP contribution in [0.3, 0.4) is 0 Å². The maximum atomic E-state index is 13.3. The fourth-order valence-electron chi connectivity index (χ4n) is 4.10. The Hall–Kier alpha value is -3.30. The van der Waals surface area contributed by atoms with E-state index in [2.05, 4.69) is 36.8 Å². The third kappa shape index (κ3) is 4.35. The summed E-state index contributed by atoms with van der Waals surface area (Å²) in [4.78, 5) is 5.93. The number of nitrogens with zero attached hydrogens (tertiary/aromatic N) is 6. The highest BCUT2D eigenvalue weighted by Crippen LogP contribution is 2.32. The lowest BCUT2D eigenvalue weighted by atomic mass is 10.1. The highest BCUT2D eigenvalue weighted by atomic mass is 32.1. The van der Waals surface area contributed by atoms with Gasteiger partial charge in [0.05, 0.1) is 6.54 Å². The fraction of sp³-hybridized carbons (Fsp3) is 0.261.